The van der Waals surface area contributed by atoms with E-state index in [1.54, 1.807) is 0 Å². The Kier molecular flexibility index (Phi) is 4.18. The smallest absolute Gasteiger partial charge is 0.166 e. The highest BCUT2D eigenvalue weighted by Gasteiger charge is 2.26. The van der Waals surface area contributed by atoms with Crippen molar-refractivity contribution in [2.45, 2.75) is 37.9 Å². The summed E-state index contributed by atoms with van der Waals surface area (Å²) in [7, 11) is -1.54. The van der Waals surface area contributed by atoms with Crippen LogP contribution in [0.3, 0.4) is 0 Å². The minimum atomic E-state index is -1.54. The van der Waals surface area contributed by atoms with Crippen LogP contribution in [-0.2, 0) is 0 Å². The van der Waals surface area contributed by atoms with Crippen LogP contribution in [0, 0.1) is 0 Å². The Morgan fingerprint density at radius 2 is 1.89 bits per heavy atom. The molecule has 0 aliphatic carbocycles. The summed E-state index contributed by atoms with van der Waals surface area (Å²) < 4.78 is 0. The Labute approximate surface area is 68.3 Å². The first-order valence-corrected chi connectivity index (χ1v) is 7.84. The third-order valence-electron chi connectivity index (χ3n) is 1.29. The Morgan fingerprint density at radius 3 is 2.00 bits per heavy atom. The van der Waals surface area contributed by atoms with E-state index in [2.05, 4.69) is 20.0 Å². The average molecular weight is 185 g/mol. The van der Waals surface area contributed by atoms with Gasteiger partial charge in [-0.3, -0.25) is 0 Å². The molecule has 0 spiro atoms. The summed E-state index contributed by atoms with van der Waals surface area (Å²) in [6.07, 6.45) is 2.20. The van der Waals surface area contributed by atoms with Crippen LogP contribution in [0.25, 0.3) is 0 Å². The van der Waals surface area contributed by atoms with E-state index in [4.69, 9.17) is 22.7 Å². The second kappa shape index (κ2) is 3.84. The molecule has 1 unspecified atom stereocenters. The predicted molar refractivity (Wildman–Crippen MR) is 47.9 cm³/mol. The molecule has 9 heavy (non-hydrogen) atoms. The second-order valence-corrected chi connectivity index (χ2v) is 10.5. The van der Waals surface area contributed by atoms with Crippen molar-refractivity contribution in [1.82, 2.24) is 0 Å². The van der Waals surface area contributed by atoms with Gasteiger partial charge in [0.05, 0.1) is 0 Å². The third-order valence-corrected chi connectivity index (χ3v) is 6.05. The summed E-state index contributed by atoms with van der Waals surface area (Å²) in [4.78, 5) is 0. The van der Waals surface area contributed by atoms with E-state index in [1.807, 2.05) is 0 Å². The standard InChI is InChI=1S/C6H14Cl2Si/c1-4-5-6(7)9(2,3)8/h6H,4-5H2,1-3H3. The zero-order chi connectivity index (χ0) is 7.49. The molecule has 0 aromatic carbocycles. The van der Waals surface area contributed by atoms with Crippen molar-refractivity contribution in [2.75, 3.05) is 0 Å². The van der Waals surface area contributed by atoms with Crippen molar-refractivity contribution in [3.8, 4) is 0 Å². The normalized spacial score (nSPS) is 15.7. The summed E-state index contributed by atoms with van der Waals surface area (Å²) in [5.74, 6) is 0. The Balaban J connectivity index is 3.59. The van der Waals surface area contributed by atoms with Gasteiger partial charge in [0.25, 0.3) is 0 Å². The summed E-state index contributed by atoms with van der Waals surface area (Å²) in [5, 5.41) is 0.240. The lowest BCUT2D eigenvalue weighted by Crippen LogP contribution is -2.30. The van der Waals surface area contributed by atoms with Crippen molar-refractivity contribution < 1.29 is 0 Å². The van der Waals surface area contributed by atoms with Crippen LogP contribution in [0.15, 0.2) is 0 Å². The summed E-state index contributed by atoms with van der Waals surface area (Å²) in [6, 6.07) is 0. The predicted octanol–water partition coefficient (Wildman–Crippen LogP) is 3.38. The summed E-state index contributed by atoms with van der Waals surface area (Å²) in [6.45, 7) is 6.30. The van der Waals surface area contributed by atoms with Gasteiger partial charge in [0.15, 0.2) is 7.38 Å². The lowest BCUT2D eigenvalue weighted by molar-refractivity contribution is 0.846. The van der Waals surface area contributed by atoms with Gasteiger partial charge >= 0.3 is 0 Å². The van der Waals surface area contributed by atoms with E-state index in [0.717, 1.165) is 12.8 Å². The second-order valence-electron chi connectivity index (χ2n) is 2.82. The number of hydrogen-bond donors (Lipinski definition) is 0. The van der Waals surface area contributed by atoms with E-state index in [9.17, 15) is 0 Å². The van der Waals surface area contributed by atoms with Gasteiger partial charge in [-0.1, -0.05) is 26.4 Å². The van der Waals surface area contributed by atoms with E-state index in [1.165, 1.54) is 0 Å². The third kappa shape index (κ3) is 4.23. The maximum absolute atomic E-state index is 6.07. The first kappa shape index (κ1) is 9.80. The number of alkyl halides is 1. The van der Waals surface area contributed by atoms with Crippen LogP contribution in [0.4, 0.5) is 0 Å². The van der Waals surface area contributed by atoms with Crippen LogP contribution in [0.1, 0.15) is 19.8 Å². The van der Waals surface area contributed by atoms with E-state index < -0.39 is 7.38 Å². The lowest BCUT2D eigenvalue weighted by Gasteiger charge is -2.18. The topological polar surface area (TPSA) is 0 Å². The van der Waals surface area contributed by atoms with Gasteiger partial charge in [-0.2, -0.15) is 11.1 Å². The number of hydrogen-bond acceptors (Lipinski definition) is 0. The fourth-order valence-electron chi connectivity index (χ4n) is 0.597. The van der Waals surface area contributed by atoms with Gasteiger partial charge in [0, 0.05) is 5.00 Å². The van der Waals surface area contributed by atoms with Crippen LogP contribution in [0.5, 0.6) is 0 Å². The fraction of sp³-hybridized carbons (Fsp3) is 1.00. The highest BCUT2D eigenvalue weighted by Crippen LogP contribution is 2.22. The monoisotopic (exact) mass is 184 g/mol. The summed E-state index contributed by atoms with van der Waals surface area (Å²) >= 11 is 12.1. The molecule has 0 heterocycles. The van der Waals surface area contributed by atoms with Gasteiger partial charge in [0.1, 0.15) is 0 Å². The molecule has 0 fully saturated rings. The molecule has 0 N–H and O–H groups in total. The molecular formula is C6H14Cl2Si. The van der Waals surface area contributed by atoms with E-state index in [0.29, 0.717) is 0 Å². The SMILES string of the molecule is CCCC(Cl)[Si](C)(C)Cl. The first-order valence-electron chi connectivity index (χ1n) is 3.31. The fourth-order valence-corrected chi connectivity index (χ4v) is 2.12. The molecule has 0 saturated carbocycles. The molecule has 0 bridgehead atoms. The van der Waals surface area contributed by atoms with Crippen LogP contribution in [-0.4, -0.2) is 12.4 Å². The molecule has 0 rings (SSSR count). The highest BCUT2D eigenvalue weighted by atomic mass is 35.6. The number of halogens is 2. The molecule has 3 heteroatoms. The molecule has 0 aromatic rings. The average Bonchev–Trinajstić information content (AvgIpc) is 1.64. The Hall–Kier alpha value is 0.797. The van der Waals surface area contributed by atoms with E-state index >= 15 is 0 Å². The molecule has 56 valence electrons. The Bertz CT molecular complexity index is 77.6. The van der Waals surface area contributed by atoms with Crippen molar-refractivity contribution in [3.05, 3.63) is 0 Å². The lowest BCUT2D eigenvalue weighted by atomic mass is 10.4. The molecule has 0 aliphatic heterocycles. The van der Waals surface area contributed by atoms with Gasteiger partial charge in [-0.25, -0.2) is 0 Å². The molecule has 1 atom stereocenters. The van der Waals surface area contributed by atoms with Gasteiger partial charge in [-0.05, 0) is 6.42 Å². The molecule has 0 radical (unpaired) electrons. The first-order chi connectivity index (χ1) is 3.98. The molecule has 0 aliphatic rings. The molecule has 0 aromatic heterocycles. The Morgan fingerprint density at radius 1 is 1.44 bits per heavy atom. The van der Waals surface area contributed by atoms with Crippen LogP contribution in [0.2, 0.25) is 13.1 Å². The van der Waals surface area contributed by atoms with Crippen molar-refractivity contribution in [2.24, 2.45) is 0 Å². The molecule has 0 amide bonds. The minimum absolute atomic E-state index is 0.240. The minimum Gasteiger partial charge on any atom is -0.166 e. The zero-order valence-electron chi connectivity index (χ0n) is 6.25. The van der Waals surface area contributed by atoms with Gasteiger partial charge < -0.3 is 0 Å². The van der Waals surface area contributed by atoms with Crippen LogP contribution < -0.4 is 0 Å². The maximum Gasteiger partial charge on any atom is 0.168 e. The van der Waals surface area contributed by atoms with Gasteiger partial charge in [-0.15, -0.1) is 11.6 Å². The summed E-state index contributed by atoms with van der Waals surface area (Å²) in [5.41, 5.74) is 0. The molecule has 0 saturated heterocycles. The number of rotatable bonds is 3. The maximum atomic E-state index is 6.07. The quantitative estimate of drug-likeness (QED) is 0.359. The van der Waals surface area contributed by atoms with Gasteiger partial charge in [0.2, 0.25) is 0 Å². The van der Waals surface area contributed by atoms with Crippen molar-refractivity contribution >= 4 is 30.1 Å². The molecule has 0 nitrogen and oxygen atoms in total. The van der Waals surface area contributed by atoms with E-state index in [-0.39, 0.29) is 5.00 Å². The largest absolute Gasteiger partial charge is 0.168 e. The van der Waals surface area contributed by atoms with Crippen LogP contribution >= 0.6 is 22.7 Å². The van der Waals surface area contributed by atoms with Crippen molar-refractivity contribution in [3.63, 3.8) is 0 Å². The highest BCUT2D eigenvalue weighted by molar-refractivity contribution is 7.22. The molecular weight excluding hydrogens is 171 g/mol. The zero-order valence-corrected chi connectivity index (χ0v) is 8.76. The van der Waals surface area contributed by atoms with Crippen molar-refractivity contribution in [1.29, 1.82) is 0 Å².